The normalized spacial score (nSPS) is 12.3. The fraction of sp³-hybridized carbons (Fsp3) is 0. The predicted molar refractivity (Wildman–Crippen MR) is 77.4 cm³/mol. The number of benzene rings is 1. The number of carbonyl (C=O) groups excluding carboxylic acids is 1. The van der Waals surface area contributed by atoms with Crippen LogP contribution in [0.4, 0.5) is 11.6 Å². The molecule has 4 N–H and O–H groups in total. The van der Waals surface area contributed by atoms with Gasteiger partial charge in [-0.1, -0.05) is 12.1 Å². The van der Waals surface area contributed by atoms with Gasteiger partial charge in [-0.3, -0.25) is 4.79 Å². The standard InChI is InChI=1S/C15H10N4O2/c16-8-4-1-3-7-10(8)13-11(14(7)20)12(18-15(17)19-13)9-5-2-6-21-9/h1-6H,16H2,(H2,17,18,19). The van der Waals surface area contributed by atoms with E-state index in [0.29, 0.717) is 39.5 Å². The number of hydrogen-bond donors (Lipinski definition) is 2. The smallest absolute Gasteiger partial charge is 0.221 e. The van der Waals surface area contributed by atoms with Gasteiger partial charge in [-0.25, -0.2) is 9.97 Å². The Morgan fingerprint density at radius 2 is 1.76 bits per heavy atom. The van der Waals surface area contributed by atoms with Gasteiger partial charge in [-0.2, -0.15) is 0 Å². The maximum absolute atomic E-state index is 12.6. The van der Waals surface area contributed by atoms with Crippen molar-refractivity contribution in [2.45, 2.75) is 0 Å². The van der Waals surface area contributed by atoms with E-state index in [1.165, 1.54) is 6.26 Å². The fourth-order valence-corrected chi connectivity index (χ4v) is 2.62. The first kappa shape index (κ1) is 11.7. The number of rotatable bonds is 1. The van der Waals surface area contributed by atoms with Crippen molar-refractivity contribution < 1.29 is 9.21 Å². The van der Waals surface area contributed by atoms with Crippen molar-refractivity contribution in [1.82, 2.24) is 9.97 Å². The van der Waals surface area contributed by atoms with Crippen LogP contribution in [-0.2, 0) is 0 Å². The zero-order chi connectivity index (χ0) is 14.6. The Labute approximate surface area is 119 Å². The Morgan fingerprint density at radius 1 is 0.952 bits per heavy atom. The Bertz CT molecular complexity index is 885. The Kier molecular flexibility index (Phi) is 2.18. The van der Waals surface area contributed by atoms with E-state index in [9.17, 15) is 4.79 Å². The molecule has 21 heavy (non-hydrogen) atoms. The first-order valence-corrected chi connectivity index (χ1v) is 6.32. The van der Waals surface area contributed by atoms with Crippen molar-refractivity contribution in [3.63, 3.8) is 0 Å². The molecule has 0 spiro atoms. The van der Waals surface area contributed by atoms with Gasteiger partial charge in [0.1, 0.15) is 5.69 Å². The molecule has 0 saturated carbocycles. The second-order valence-electron chi connectivity index (χ2n) is 4.73. The molecule has 1 aromatic carbocycles. The van der Waals surface area contributed by atoms with Crippen molar-refractivity contribution >= 4 is 17.4 Å². The second-order valence-corrected chi connectivity index (χ2v) is 4.73. The van der Waals surface area contributed by atoms with Crippen LogP contribution in [0.5, 0.6) is 0 Å². The maximum Gasteiger partial charge on any atom is 0.221 e. The maximum atomic E-state index is 12.6. The molecule has 6 nitrogen and oxygen atoms in total. The quantitative estimate of drug-likeness (QED) is 0.516. The SMILES string of the molecule is Nc1nc(-c2ccco2)c2c(n1)-c1c(N)cccc1C2=O. The van der Waals surface area contributed by atoms with Gasteiger partial charge in [0.25, 0.3) is 0 Å². The molecule has 2 heterocycles. The van der Waals surface area contributed by atoms with Crippen LogP contribution in [0.15, 0.2) is 41.0 Å². The van der Waals surface area contributed by atoms with Crippen LogP contribution in [0.3, 0.4) is 0 Å². The molecule has 0 unspecified atom stereocenters. The number of carbonyl (C=O) groups is 1. The van der Waals surface area contributed by atoms with Crippen LogP contribution in [0.25, 0.3) is 22.7 Å². The molecule has 4 rings (SSSR count). The number of hydrogen-bond acceptors (Lipinski definition) is 6. The van der Waals surface area contributed by atoms with Crippen molar-refractivity contribution in [3.8, 4) is 22.7 Å². The predicted octanol–water partition coefficient (Wildman–Crippen LogP) is 2.11. The lowest BCUT2D eigenvalue weighted by atomic mass is 10.1. The van der Waals surface area contributed by atoms with E-state index in [1.54, 1.807) is 30.3 Å². The number of furan rings is 1. The van der Waals surface area contributed by atoms with Crippen LogP contribution in [0.1, 0.15) is 15.9 Å². The van der Waals surface area contributed by atoms with Gasteiger partial charge in [-0.05, 0) is 18.2 Å². The van der Waals surface area contributed by atoms with Gasteiger partial charge in [-0.15, -0.1) is 0 Å². The van der Waals surface area contributed by atoms with Crippen LogP contribution in [0.2, 0.25) is 0 Å². The molecule has 0 saturated heterocycles. The topological polar surface area (TPSA) is 108 Å². The monoisotopic (exact) mass is 278 g/mol. The lowest BCUT2D eigenvalue weighted by molar-refractivity contribution is 0.104. The van der Waals surface area contributed by atoms with Crippen molar-refractivity contribution in [3.05, 3.63) is 47.7 Å². The first-order chi connectivity index (χ1) is 10.2. The molecule has 0 amide bonds. The average molecular weight is 278 g/mol. The van der Waals surface area contributed by atoms with E-state index in [4.69, 9.17) is 15.9 Å². The summed E-state index contributed by atoms with van der Waals surface area (Å²) in [6.07, 6.45) is 1.51. The second kappa shape index (κ2) is 3.92. The summed E-state index contributed by atoms with van der Waals surface area (Å²) in [4.78, 5) is 21.0. The average Bonchev–Trinajstić information content (AvgIpc) is 3.07. The summed E-state index contributed by atoms with van der Waals surface area (Å²) in [5, 5.41) is 0. The van der Waals surface area contributed by atoms with Crippen LogP contribution >= 0.6 is 0 Å². The molecule has 0 bridgehead atoms. The Hall–Kier alpha value is -3.15. The van der Waals surface area contributed by atoms with Gasteiger partial charge < -0.3 is 15.9 Å². The number of nitrogens with zero attached hydrogens (tertiary/aromatic N) is 2. The Morgan fingerprint density at radius 3 is 2.52 bits per heavy atom. The highest BCUT2D eigenvalue weighted by molar-refractivity contribution is 6.25. The van der Waals surface area contributed by atoms with E-state index in [0.717, 1.165) is 0 Å². The summed E-state index contributed by atoms with van der Waals surface area (Å²) in [5.74, 6) is 0.378. The minimum atomic E-state index is -0.168. The number of anilines is 2. The Balaban J connectivity index is 2.11. The summed E-state index contributed by atoms with van der Waals surface area (Å²) in [6.45, 7) is 0. The number of nitrogens with two attached hydrogens (primary N) is 2. The molecule has 0 aliphatic heterocycles. The minimum Gasteiger partial charge on any atom is -0.463 e. The minimum absolute atomic E-state index is 0.0732. The van der Waals surface area contributed by atoms with Gasteiger partial charge in [0, 0.05) is 16.8 Å². The molecule has 0 radical (unpaired) electrons. The highest BCUT2D eigenvalue weighted by atomic mass is 16.3. The van der Waals surface area contributed by atoms with Crippen molar-refractivity contribution in [2.75, 3.05) is 11.5 Å². The summed E-state index contributed by atoms with van der Waals surface area (Å²) < 4.78 is 5.35. The van der Waals surface area contributed by atoms with Crippen LogP contribution in [0, 0.1) is 0 Å². The molecule has 6 heteroatoms. The first-order valence-electron chi connectivity index (χ1n) is 6.32. The molecule has 0 fully saturated rings. The molecular weight excluding hydrogens is 268 g/mol. The molecule has 1 aliphatic rings. The third kappa shape index (κ3) is 1.50. The molecule has 2 aromatic heterocycles. The van der Waals surface area contributed by atoms with E-state index < -0.39 is 0 Å². The molecule has 102 valence electrons. The number of aromatic nitrogens is 2. The van der Waals surface area contributed by atoms with Gasteiger partial charge in [0.2, 0.25) is 5.95 Å². The molecule has 0 atom stereocenters. The molecular formula is C15H10N4O2. The highest BCUT2D eigenvalue weighted by Gasteiger charge is 2.34. The van der Waals surface area contributed by atoms with Crippen molar-refractivity contribution in [1.29, 1.82) is 0 Å². The fourth-order valence-electron chi connectivity index (χ4n) is 2.62. The van der Waals surface area contributed by atoms with E-state index >= 15 is 0 Å². The molecule has 3 aromatic rings. The van der Waals surface area contributed by atoms with E-state index in [2.05, 4.69) is 9.97 Å². The van der Waals surface area contributed by atoms with Gasteiger partial charge in [0.15, 0.2) is 11.5 Å². The zero-order valence-corrected chi connectivity index (χ0v) is 10.8. The third-order valence-corrected chi connectivity index (χ3v) is 3.49. The van der Waals surface area contributed by atoms with Crippen LogP contribution < -0.4 is 11.5 Å². The lowest BCUT2D eigenvalue weighted by Crippen LogP contribution is -2.04. The lowest BCUT2D eigenvalue weighted by Gasteiger charge is -2.06. The molecule has 1 aliphatic carbocycles. The highest BCUT2D eigenvalue weighted by Crippen LogP contribution is 2.42. The summed E-state index contributed by atoms with van der Waals surface area (Å²) >= 11 is 0. The van der Waals surface area contributed by atoms with E-state index in [1.807, 2.05) is 0 Å². The third-order valence-electron chi connectivity index (χ3n) is 3.49. The van der Waals surface area contributed by atoms with Crippen molar-refractivity contribution in [2.24, 2.45) is 0 Å². The largest absolute Gasteiger partial charge is 0.463 e. The summed E-state index contributed by atoms with van der Waals surface area (Å²) in [5.41, 5.74) is 14.6. The number of ketones is 1. The van der Waals surface area contributed by atoms with Crippen LogP contribution in [-0.4, -0.2) is 15.8 Å². The zero-order valence-electron chi connectivity index (χ0n) is 10.8. The summed E-state index contributed by atoms with van der Waals surface area (Å²) in [7, 11) is 0. The van der Waals surface area contributed by atoms with Gasteiger partial charge >= 0.3 is 0 Å². The number of nitrogen functional groups attached to an aromatic ring is 2. The summed E-state index contributed by atoms with van der Waals surface area (Å²) in [6, 6.07) is 8.63. The number of fused-ring (bicyclic) bond motifs is 3. The van der Waals surface area contributed by atoms with E-state index in [-0.39, 0.29) is 11.7 Å². The van der Waals surface area contributed by atoms with Gasteiger partial charge in [0.05, 0.1) is 17.5 Å².